The lowest BCUT2D eigenvalue weighted by molar-refractivity contribution is -0.138. The van der Waals surface area contributed by atoms with E-state index < -0.39 is 0 Å². The Hall–Kier alpha value is -1.50. The van der Waals surface area contributed by atoms with Crippen molar-refractivity contribution in [3.63, 3.8) is 0 Å². The largest absolute Gasteiger partial charge is 0.350 e. The van der Waals surface area contributed by atoms with Gasteiger partial charge in [-0.25, -0.2) is 0 Å². The fourth-order valence-corrected chi connectivity index (χ4v) is 3.48. The normalized spacial score (nSPS) is 18.5. The van der Waals surface area contributed by atoms with Gasteiger partial charge in [0.2, 0.25) is 11.8 Å². The maximum absolute atomic E-state index is 12.4. The molecule has 0 spiro atoms. The van der Waals surface area contributed by atoms with E-state index in [1.165, 1.54) is 0 Å². The number of carbonyl (C=O) groups is 2. The van der Waals surface area contributed by atoms with E-state index in [4.69, 9.17) is 0 Å². The number of thioether (sulfide) groups is 1. The van der Waals surface area contributed by atoms with E-state index in [1.807, 2.05) is 33.9 Å². The average Bonchev–Trinajstić information content (AvgIpc) is 3.02. The van der Waals surface area contributed by atoms with E-state index in [0.717, 1.165) is 5.56 Å². The van der Waals surface area contributed by atoms with Crippen molar-refractivity contribution in [3.05, 3.63) is 18.0 Å². The summed E-state index contributed by atoms with van der Waals surface area (Å²) in [5.41, 5.74) is 0.789. The van der Waals surface area contributed by atoms with E-state index in [2.05, 4.69) is 10.4 Å². The molecule has 1 fully saturated rings. The minimum Gasteiger partial charge on any atom is -0.350 e. The lowest BCUT2D eigenvalue weighted by atomic mass is 10.1. The van der Waals surface area contributed by atoms with E-state index >= 15 is 0 Å². The molecular formula is C15H24N4O2S. The van der Waals surface area contributed by atoms with Crippen LogP contribution >= 0.6 is 11.8 Å². The van der Waals surface area contributed by atoms with Crippen LogP contribution in [0.3, 0.4) is 0 Å². The summed E-state index contributed by atoms with van der Waals surface area (Å²) in [6.45, 7) is 8.34. The summed E-state index contributed by atoms with van der Waals surface area (Å²) >= 11 is 1.62. The SMILES string of the molecule is Cc1cnn(CCC(=O)N2CSCC2C(=O)NC(C)(C)C)c1. The molecule has 0 radical (unpaired) electrons. The van der Waals surface area contributed by atoms with Gasteiger partial charge in [0.15, 0.2) is 0 Å². The van der Waals surface area contributed by atoms with Crippen LogP contribution in [0.2, 0.25) is 0 Å². The third kappa shape index (κ3) is 4.50. The van der Waals surface area contributed by atoms with Gasteiger partial charge >= 0.3 is 0 Å². The summed E-state index contributed by atoms with van der Waals surface area (Å²) < 4.78 is 1.76. The molecule has 7 heteroatoms. The molecule has 1 unspecified atom stereocenters. The van der Waals surface area contributed by atoms with Gasteiger partial charge in [-0.05, 0) is 33.3 Å². The van der Waals surface area contributed by atoms with Gasteiger partial charge in [-0.3, -0.25) is 14.3 Å². The van der Waals surface area contributed by atoms with Crippen LogP contribution in [0.5, 0.6) is 0 Å². The summed E-state index contributed by atoms with van der Waals surface area (Å²) in [5.74, 6) is 1.18. The highest BCUT2D eigenvalue weighted by Crippen LogP contribution is 2.22. The van der Waals surface area contributed by atoms with Gasteiger partial charge in [0, 0.05) is 30.5 Å². The van der Waals surface area contributed by atoms with Gasteiger partial charge < -0.3 is 10.2 Å². The molecule has 1 atom stereocenters. The van der Waals surface area contributed by atoms with Gasteiger partial charge in [-0.15, -0.1) is 11.8 Å². The molecule has 0 aliphatic carbocycles. The molecule has 0 bridgehead atoms. The number of rotatable bonds is 4. The first-order valence-electron chi connectivity index (χ1n) is 7.44. The Labute approximate surface area is 135 Å². The van der Waals surface area contributed by atoms with Gasteiger partial charge in [-0.1, -0.05) is 0 Å². The number of hydrogen-bond donors (Lipinski definition) is 1. The van der Waals surface area contributed by atoms with Crippen LogP contribution < -0.4 is 5.32 Å². The summed E-state index contributed by atoms with van der Waals surface area (Å²) in [5, 5.41) is 7.14. The van der Waals surface area contributed by atoms with E-state index in [9.17, 15) is 9.59 Å². The molecule has 1 aliphatic heterocycles. The van der Waals surface area contributed by atoms with Crippen molar-refractivity contribution in [2.75, 3.05) is 11.6 Å². The molecule has 2 amide bonds. The molecular weight excluding hydrogens is 300 g/mol. The highest BCUT2D eigenvalue weighted by Gasteiger charge is 2.35. The van der Waals surface area contributed by atoms with Crippen molar-refractivity contribution in [1.29, 1.82) is 0 Å². The lowest BCUT2D eigenvalue weighted by Crippen LogP contribution is -2.52. The monoisotopic (exact) mass is 324 g/mol. The number of carbonyl (C=O) groups excluding carboxylic acids is 2. The zero-order chi connectivity index (χ0) is 16.3. The van der Waals surface area contributed by atoms with Gasteiger partial charge in [0.1, 0.15) is 6.04 Å². The first-order chi connectivity index (χ1) is 10.3. The summed E-state index contributed by atoms with van der Waals surface area (Å²) in [6.07, 6.45) is 4.05. The van der Waals surface area contributed by atoms with Crippen LogP contribution in [-0.2, 0) is 16.1 Å². The van der Waals surface area contributed by atoms with Crippen LogP contribution in [-0.4, -0.2) is 49.7 Å². The fourth-order valence-electron chi connectivity index (χ4n) is 2.30. The Morgan fingerprint density at radius 3 is 2.77 bits per heavy atom. The molecule has 1 N–H and O–H groups in total. The third-order valence-electron chi connectivity index (χ3n) is 3.32. The van der Waals surface area contributed by atoms with Crippen molar-refractivity contribution >= 4 is 23.6 Å². The Morgan fingerprint density at radius 1 is 1.45 bits per heavy atom. The number of aryl methyl sites for hydroxylation is 2. The predicted octanol–water partition coefficient (Wildman–Crippen LogP) is 1.40. The van der Waals surface area contributed by atoms with Crippen molar-refractivity contribution in [2.45, 2.75) is 52.2 Å². The molecule has 2 rings (SSSR count). The molecule has 1 aromatic heterocycles. The lowest BCUT2D eigenvalue weighted by Gasteiger charge is -2.27. The maximum Gasteiger partial charge on any atom is 0.244 e. The van der Waals surface area contributed by atoms with Crippen molar-refractivity contribution in [1.82, 2.24) is 20.0 Å². The molecule has 2 heterocycles. The average molecular weight is 324 g/mol. The van der Waals surface area contributed by atoms with Gasteiger partial charge in [0.25, 0.3) is 0 Å². The van der Waals surface area contributed by atoms with Crippen LogP contribution in [0.15, 0.2) is 12.4 Å². The molecule has 1 saturated heterocycles. The van der Waals surface area contributed by atoms with Crippen molar-refractivity contribution in [2.24, 2.45) is 0 Å². The smallest absolute Gasteiger partial charge is 0.244 e. The summed E-state index contributed by atoms with van der Waals surface area (Å²) in [6, 6.07) is -0.365. The molecule has 6 nitrogen and oxygen atoms in total. The van der Waals surface area contributed by atoms with Gasteiger partial charge in [0.05, 0.1) is 12.1 Å². The minimum absolute atomic E-state index is 0.00668. The molecule has 0 aromatic carbocycles. The molecule has 1 aliphatic rings. The summed E-state index contributed by atoms with van der Waals surface area (Å²) in [7, 11) is 0. The Bertz CT molecular complexity index is 550. The first kappa shape index (κ1) is 16.9. The van der Waals surface area contributed by atoms with Crippen LogP contribution in [0.25, 0.3) is 0 Å². The maximum atomic E-state index is 12.4. The fraction of sp³-hybridized carbons (Fsp3) is 0.667. The van der Waals surface area contributed by atoms with E-state index in [1.54, 1.807) is 27.5 Å². The van der Waals surface area contributed by atoms with Crippen LogP contribution in [0, 0.1) is 6.92 Å². The first-order valence-corrected chi connectivity index (χ1v) is 8.60. The third-order valence-corrected chi connectivity index (χ3v) is 4.33. The van der Waals surface area contributed by atoms with E-state index in [0.29, 0.717) is 24.6 Å². The van der Waals surface area contributed by atoms with E-state index in [-0.39, 0.29) is 23.4 Å². The number of hydrogen-bond acceptors (Lipinski definition) is 4. The number of nitrogens with one attached hydrogen (secondary N) is 1. The zero-order valence-corrected chi connectivity index (χ0v) is 14.4. The second-order valence-electron chi connectivity index (χ2n) is 6.65. The predicted molar refractivity (Wildman–Crippen MR) is 87.4 cm³/mol. The zero-order valence-electron chi connectivity index (χ0n) is 13.6. The van der Waals surface area contributed by atoms with Crippen molar-refractivity contribution in [3.8, 4) is 0 Å². The quantitative estimate of drug-likeness (QED) is 0.909. The molecule has 1 aromatic rings. The topological polar surface area (TPSA) is 67.2 Å². The van der Waals surface area contributed by atoms with Gasteiger partial charge in [-0.2, -0.15) is 5.10 Å². The van der Waals surface area contributed by atoms with Crippen LogP contribution in [0.4, 0.5) is 0 Å². The highest BCUT2D eigenvalue weighted by molar-refractivity contribution is 7.99. The standard InChI is InChI=1S/C15H24N4O2S/c1-11-7-16-18(8-11)6-5-13(20)19-10-22-9-12(19)14(21)17-15(2,3)4/h7-8,12H,5-6,9-10H2,1-4H3,(H,17,21). The Kier molecular flexibility index (Phi) is 5.16. The number of amides is 2. The number of nitrogens with zero attached hydrogens (tertiary/aromatic N) is 3. The number of aromatic nitrogens is 2. The Morgan fingerprint density at radius 2 is 2.18 bits per heavy atom. The highest BCUT2D eigenvalue weighted by atomic mass is 32.2. The Balaban J connectivity index is 1.91. The molecule has 22 heavy (non-hydrogen) atoms. The second kappa shape index (κ2) is 6.73. The van der Waals surface area contributed by atoms with Crippen molar-refractivity contribution < 1.29 is 9.59 Å². The minimum atomic E-state index is -0.365. The molecule has 122 valence electrons. The molecule has 0 saturated carbocycles. The summed E-state index contributed by atoms with van der Waals surface area (Å²) in [4.78, 5) is 26.4. The second-order valence-corrected chi connectivity index (χ2v) is 7.65. The van der Waals surface area contributed by atoms with Crippen LogP contribution in [0.1, 0.15) is 32.8 Å².